The number of quaternary nitrogens is 1. The van der Waals surface area contributed by atoms with Crippen molar-refractivity contribution in [2.45, 2.75) is 12.5 Å². The minimum Gasteiger partial charge on any atom is -0.481 e. The lowest BCUT2D eigenvalue weighted by atomic mass is 10.2. The lowest BCUT2D eigenvalue weighted by Crippen LogP contribution is -2.43. The average Bonchev–Trinajstić information content (AvgIpc) is 1.98. The van der Waals surface area contributed by atoms with Crippen LogP contribution in [0.3, 0.4) is 0 Å². The predicted molar refractivity (Wildman–Crippen MR) is 54.6 cm³/mol. The fraction of sp³-hybridized carbons (Fsp3) is 0.750. The van der Waals surface area contributed by atoms with E-state index in [1.807, 2.05) is 6.19 Å². The van der Waals surface area contributed by atoms with Crippen LogP contribution in [0.2, 0.25) is 0 Å². The number of likely N-dealkylation sites (N-methyl/N-ethyl adjacent to an activating group) is 1. The third-order valence-corrected chi connectivity index (χ3v) is 2.27. The van der Waals surface area contributed by atoms with E-state index in [0.29, 0.717) is 0 Å². The zero-order valence-corrected chi connectivity index (χ0v) is 10.2. The van der Waals surface area contributed by atoms with Crippen LogP contribution in [-0.4, -0.2) is 57.0 Å². The van der Waals surface area contributed by atoms with Gasteiger partial charge in [0, 0.05) is 0 Å². The van der Waals surface area contributed by atoms with Crippen LogP contribution in [-0.2, 0) is 19.1 Å². The molecule has 0 aliphatic carbocycles. The number of hydrogen-bond acceptors (Lipinski definition) is 5. The summed E-state index contributed by atoms with van der Waals surface area (Å²) in [4.78, 5) is 10.5. The Morgan fingerprint density at radius 2 is 2.06 bits per heavy atom. The second kappa shape index (κ2) is 5.25. The van der Waals surface area contributed by atoms with E-state index in [9.17, 15) is 13.2 Å². The largest absolute Gasteiger partial charge is 0.481 e. The van der Waals surface area contributed by atoms with Gasteiger partial charge in [-0.15, -0.1) is 5.26 Å². The Hall–Kier alpha value is -1.17. The summed E-state index contributed by atoms with van der Waals surface area (Å²) in [6.45, 7) is -0.0180. The third-order valence-electron chi connectivity index (χ3n) is 1.64. The van der Waals surface area contributed by atoms with Gasteiger partial charge in [-0.25, -0.2) is 4.48 Å². The highest BCUT2D eigenvalue weighted by Gasteiger charge is 2.28. The fourth-order valence-corrected chi connectivity index (χ4v) is 1.74. The van der Waals surface area contributed by atoms with Gasteiger partial charge in [-0.3, -0.25) is 8.98 Å². The van der Waals surface area contributed by atoms with Gasteiger partial charge in [-0.05, 0) is 0 Å². The molecule has 0 radical (unpaired) electrons. The average molecular weight is 251 g/mol. The molecule has 0 fully saturated rings. The van der Waals surface area contributed by atoms with Gasteiger partial charge < -0.3 is 5.11 Å². The van der Waals surface area contributed by atoms with E-state index < -0.39 is 28.6 Å². The molecule has 0 amide bonds. The molecule has 0 heterocycles. The van der Waals surface area contributed by atoms with Crippen molar-refractivity contribution in [3.05, 3.63) is 0 Å². The van der Waals surface area contributed by atoms with Crippen molar-refractivity contribution in [2.24, 2.45) is 0 Å². The summed E-state index contributed by atoms with van der Waals surface area (Å²) in [5.41, 5.74) is 0. The molecular weight excluding hydrogens is 236 g/mol. The van der Waals surface area contributed by atoms with Crippen LogP contribution in [0.15, 0.2) is 0 Å². The van der Waals surface area contributed by atoms with Crippen molar-refractivity contribution in [1.29, 1.82) is 5.26 Å². The number of hydrogen-bond donors (Lipinski definition) is 1. The van der Waals surface area contributed by atoms with Crippen molar-refractivity contribution in [1.82, 2.24) is 0 Å². The summed E-state index contributed by atoms with van der Waals surface area (Å²) < 4.78 is 26.2. The normalized spacial score (nSPS) is 14.1. The van der Waals surface area contributed by atoms with Crippen LogP contribution < -0.4 is 0 Å². The van der Waals surface area contributed by atoms with E-state index in [0.717, 1.165) is 6.26 Å². The summed E-state index contributed by atoms with van der Waals surface area (Å²) in [6, 6.07) is 0. The molecule has 1 unspecified atom stereocenters. The molecule has 0 aliphatic heterocycles. The topological polar surface area (TPSA) is 104 Å². The van der Waals surface area contributed by atoms with Crippen molar-refractivity contribution in [3.8, 4) is 6.19 Å². The number of carboxylic acid groups (broad SMARTS) is 1. The van der Waals surface area contributed by atoms with Gasteiger partial charge in [0.05, 0.1) is 26.8 Å². The number of nitriles is 1. The minimum atomic E-state index is -3.73. The van der Waals surface area contributed by atoms with Crippen LogP contribution >= 0.6 is 0 Å². The van der Waals surface area contributed by atoms with Crippen molar-refractivity contribution in [3.63, 3.8) is 0 Å². The SMILES string of the molecule is C[N+](C)(C#N)CC(CC(=O)O)OS(C)(=O)=O. The number of rotatable bonds is 6. The van der Waals surface area contributed by atoms with Gasteiger partial charge in [0.25, 0.3) is 10.1 Å². The van der Waals surface area contributed by atoms with Gasteiger partial charge in [-0.2, -0.15) is 8.42 Å². The molecule has 1 atom stereocenters. The standard InChI is InChI=1S/C8H14N2O5S/c1-10(2,6-9)5-7(4-8(11)12)15-16(3,13)14/h7H,4-5H2,1-3H3/p+1. The lowest BCUT2D eigenvalue weighted by molar-refractivity contribution is -0.827. The Balaban J connectivity index is 4.70. The number of carboxylic acids is 1. The zero-order chi connectivity index (χ0) is 13.0. The third kappa shape index (κ3) is 7.17. The van der Waals surface area contributed by atoms with Crippen LogP contribution in [0.1, 0.15) is 6.42 Å². The molecule has 16 heavy (non-hydrogen) atoms. The van der Waals surface area contributed by atoms with Crippen molar-refractivity contribution < 1.29 is 27.0 Å². The molecule has 1 N–H and O–H groups in total. The molecule has 0 saturated heterocycles. The van der Waals surface area contributed by atoms with Gasteiger partial charge in [0.1, 0.15) is 12.6 Å². The Morgan fingerprint density at radius 1 is 1.56 bits per heavy atom. The van der Waals surface area contributed by atoms with Crippen molar-refractivity contribution in [2.75, 3.05) is 26.9 Å². The van der Waals surface area contributed by atoms with Gasteiger partial charge in [-0.1, -0.05) is 0 Å². The maximum atomic E-state index is 10.9. The molecule has 0 saturated carbocycles. The zero-order valence-electron chi connectivity index (χ0n) is 9.37. The first-order chi connectivity index (χ1) is 7.06. The van der Waals surface area contributed by atoms with Crippen LogP contribution in [0, 0.1) is 11.5 Å². The first-order valence-electron chi connectivity index (χ1n) is 4.40. The molecule has 0 bridgehead atoms. The molecule has 0 aliphatic rings. The van der Waals surface area contributed by atoms with E-state index in [1.165, 1.54) is 14.1 Å². The first kappa shape index (κ1) is 14.8. The molecule has 92 valence electrons. The second-order valence-corrected chi connectivity index (χ2v) is 5.59. The number of carbonyl (C=O) groups is 1. The van der Waals surface area contributed by atoms with E-state index in [4.69, 9.17) is 10.4 Å². The maximum absolute atomic E-state index is 10.9. The van der Waals surface area contributed by atoms with Crippen LogP contribution in [0.25, 0.3) is 0 Å². The smallest absolute Gasteiger partial charge is 0.308 e. The van der Waals surface area contributed by atoms with Crippen molar-refractivity contribution >= 4 is 16.1 Å². The molecule has 0 rings (SSSR count). The molecule has 8 heteroatoms. The monoisotopic (exact) mass is 251 g/mol. The molecule has 7 nitrogen and oxygen atoms in total. The summed E-state index contributed by atoms with van der Waals surface area (Å²) >= 11 is 0. The highest BCUT2D eigenvalue weighted by molar-refractivity contribution is 7.86. The Kier molecular flexibility index (Phi) is 4.86. The highest BCUT2D eigenvalue weighted by atomic mass is 32.2. The number of aliphatic carboxylic acids is 1. The second-order valence-electron chi connectivity index (χ2n) is 3.99. The van der Waals surface area contributed by atoms with E-state index >= 15 is 0 Å². The fourth-order valence-electron chi connectivity index (χ4n) is 1.12. The summed E-state index contributed by atoms with van der Waals surface area (Å²) in [7, 11) is -0.676. The Labute approximate surface area is 94.6 Å². The highest BCUT2D eigenvalue weighted by Crippen LogP contribution is 2.08. The van der Waals surface area contributed by atoms with Crippen LogP contribution in [0.5, 0.6) is 0 Å². The number of nitrogens with zero attached hydrogens (tertiary/aromatic N) is 2. The van der Waals surface area contributed by atoms with Gasteiger partial charge in [0.15, 0.2) is 0 Å². The Morgan fingerprint density at radius 3 is 2.38 bits per heavy atom. The molecule has 0 aromatic rings. The Bertz CT molecular complexity index is 395. The summed E-state index contributed by atoms with van der Waals surface area (Å²) in [6.07, 6.45) is 1.24. The van der Waals surface area contributed by atoms with Gasteiger partial charge >= 0.3 is 12.2 Å². The molecule has 0 aromatic heterocycles. The molecular formula is C8H15N2O5S+. The first-order valence-corrected chi connectivity index (χ1v) is 6.22. The summed E-state index contributed by atoms with van der Waals surface area (Å²) in [5, 5.41) is 17.3. The maximum Gasteiger partial charge on any atom is 0.308 e. The minimum absolute atomic E-state index is 0.0180. The summed E-state index contributed by atoms with van der Waals surface area (Å²) in [5.74, 6) is -1.17. The molecule has 0 aromatic carbocycles. The van der Waals surface area contributed by atoms with Gasteiger partial charge in [0.2, 0.25) is 0 Å². The van der Waals surface area contributed by atoms with E-state index in [-0.39, 0.29) is 11.0 Å². The lowest BCUT2D eigenvalue weighted by Gasteiger charge is -2.23. The van der Waals surface area contributed by atoms with Crippen LogP contribution in [0.4, 0.5) is 0 Å². The van der Waals surface area contributed by atoms with E-state index in [2.05, 4.69) is 4.18 Å². The van der Waals surface area contributed by atoms with E-state index in [1.54, 1.807) is 0 Å². The molecule has 0 spiro atoms. The quantitative estimate of drug-likeness (QED) is 0.382. The predicted octanol–water partition coefficient (Wildman–Crippen LogP) is -0.637.